The molecule has 162 valence electrons. The molecule has 2 aromatic carbocycles. The average molecular weight is 425 g/mol. The highest BCUT2D eigenvalue weighted by molar-refractivity contribution is 5.91. The first-order valence-corrected chi connectivity index (χ1v) is 9.75. The van der Waals surface area contributed by atoms with Crippen LogP contribution in [0, 0.1) is 12.7 Å². The van der Waals surface area contributed by atoms with Gasteiger partial charge in [-0.1, -0.05) is 35.9 Å². The van der Waals surface area contributed by atoms with Gasteiger partial charge in [0.05, 0.1) is 12.2 Å². The molecule has 0 aliphatic rings. The van der Waals surface area contributed by atoms with Crippen LogP contribution in [0.15, 0.2) is 58.1 Å². The van der Waals surface area contributed by atoms with Crippen molar-refractivity contribution >= 4 is 5.91 Å². The molecule has 1 heterocycles. The number of hydrogen-bond donors (Lipinski definition) is 1. The number of aryl methyl sites for hydroxylation is 1. The summed E-state index contributed by atoms with van der Waals surface area (Å²) >= 11 is 0. The van der Waals surface area contributed by atoms with Gasteiger partial charge in [-0.05, 0) is 44.8 Å². The first-order valence-electron chi connectivity index (χ1n) is 9.75. The monoisotopic (exact) mass is 425 g/mol. The Labute approximate surface area is 178 Å². The molecular weight excluding hydrogens is 401 g/mol. The van der Waals surface area contributed by atoms with Crippen molar-refractivity contribution in [3.8, 4) is 5.69 Å². The Morgan fingerprint density at radius 1 is 1.13 bits per heavy atom. The molecule has 0 unspecified atom stereocenters. The summed E-state index contributed by atoms with van der Waals surface area (Å²) in [5.41, 5.74) is -0.147. The molecule has 3 rings (SSSR count). The van der Waals surface area contributed by atoms with Gasteiger partial charge in [-0.3, -0.25) is 14.2 Å². The van der Waals surface area contributed by atoms with Gasteiger partial charge in [-0.25, -0.2) is 9.18 Å². The number of rotatable bonds is 7. The third-order valence-electron chi connectivity index (χ3n) is 4.63. The lowest BCUT2D eigenvalue weighted by atomic mass is 10.1. The Morgan fingerprint density at radius 3 is 2.48 bits per heavy atom. The summed E-state index contributed by atoms with van der Waals surface area (Å²) in [7, 11) is 3.70. The van der Waals surface area contributed by atoms with Crippen LogP contribution >= 0.6 is 0 Å². The molecular formula is C22H24FN5O3. The van der Waals surface area contributed by atoms with Crippen LogP contribution < -0.4 is 16.6 Å². The van der Waals surface area contributed by atoms with E-state index in [1.807, 2.05) is 38.1 Å². The molecule has 0 fully saturated rings. The van der Waals surface area contributed by atoms with Crippen molar-refractivity contribution in [3.05, 3.63) is 92.0 Å². The van der Waals surface area contributed by atoms with Gasteiger partial charge in [-0.2, -0.15) is 9.78 Å². The van der Waals surface area contributed by atoms with E-state index < -0.39 is 28.7 Å². The van der Waals surface area contributed by atoms with Gasteiger partial charge in [-0.15, -0.1) is 0 Å². The second kappa shape index (κ2) is 9.48. The lowest BCUT2D eigenvalue weighted by molar-refractivity contribution is 0.0941. The Hall–Kier alpha value is -3.59. The third kappa shape index (κ3) is 5.32. The van der Waals surface area contributed by atoms with Gasteiger partial charge < -0.3 is 10.2 Å². The number of aromatic nitrogens is 3. The SMILES string of the molecule is Cc1ccc(Cn2c(=O)c(C(=O)NCCN(C)C)nn(-c3cccc(F)c3)c2=O)cc1. The maximum absolute atomic E-state index is 13.8. The molecule has 8 nitrogen and oxygen atoms in total. The minimum atomic E-state index is -0.805. The van der Waals surface area contributed by atoms with E-state index in [0.29, 0.717) is 18.7 Å². The Kier molecular flexibility index (Phi) is 6.76. The van der Waals surface area contributed by atoms with Gasteiger partial charge in [0.25, 0.3) is 11.5 Å². The number of nitrogens with zero attached hydrogens (tertiary/aromatic N) is 4. The van der Waals surface area contributed by atoms with Gasteiger partial charge in [0.2, 0.25) is 5.69 Å². The van der Waals surface area contributed by atoms with Crippen LogP contribution in [0.3, 0.4) is 0 Å². The van der Waals surface area contributed by atoms with E-state index in [2.05, 4.69) is 10.4 Å². The van der Waals surface area contributed by atoms with Crippen LogP contribution in [0.25, 0.3) is 5.69 Å². The largest absolute Gasteiger partial charge is 0.352 e. The summed E-state index contributed by atoms with van der Waals surface area (Å²) in [6, 6.07) is 12.6. The fraction of sp³-hybridized carbons (Fsp3) is 0.273. The highest BCUT2D eigenvalue weighted by Crippen LogP contribution is 2.07. The zero-order valence-electron chi connectivity index (χ0n) is 17.6. The number of nitrogens with one attached hydrogen (secondary N) is 1. The van der Waals surface area contributed by atoms with Crippen molar-refractivity contribution < 1.29 is 9.18 Å². The molecule has 0 bridgehead atoms. The zero-order valence-corrected chi connectivity index (χ0v) is 17.6. The normalized spacial score (nSPS) is 11.0. The van der Waals surface area contributed by atoms with Crippen molar-refractivity contribution in [2.45, 2.75) is 13.5 Å². The number of likely N-dealkylation sites (N-methyl/N-ethyl adjacent to an activating group) is 1. The first kappa shape index (κ1) is 22.1. The molecule has 1 amide bonds. The minimum Gasteiger partial charge on any atom is -0.349 e. The van der Waals surface area contributed by atoms with Crippen LogP contribution in [0.5, 0.6) is 0 Å². The second-order valence-corrected chi connectivity index (χ2v) is 7.46. The van der Waals surface area contributed by atoms with E-state index >= 15 is 0 Å². The van der Waals surface area contributed by atoms with Crippen LogP contribution in [-0.2, 0) is 6.54 Å². The van der Waals surface area contributed by atoms with Crippen molar-refractivity contribution in [3.63, 3.8) is 0 Å². The standard InChI is InChI=1S/C22H24FN5O3/c1-15-7-9-16(10-8-15)14-27-21(30)19(20(29)24-11-12-26(2)3)25-28(22(27)31)18-6-4-5-17(23)13-18/h4-10,13H,11-12,14H2,1-3H3,(H,24,29). The second-order valence-electron chi connectivity index (χ2n) is 7.46. The fourth-order valence-electron chi connectivity index (χ4n) is 2.93. The number of benzene rings is 2. The Balaban J connectivity index is 2.10. The molecule has 0 aliphatic carbocycles. The lowest BCUT2D eigenvalue weighted by Gasteiger charge is -2.13. The molecule has 9 heteroatoms. The van der Waals surface area contributed by atoms with Crippen molar-refractivity contribution in [2.24, 2.45) is 0 Å². The molecule has 1 N–H and O–H groups in total. The maximum Gasteiger partial charge on any atom is 0.352 e. The number of carbonyl (C=O) groups is 1. The summed E-state index contributed by atoms with van der Waals surface area (Å²) in [6.07, 6.45) is 0. The molecule has 31 heavy (non-hydrogen) atoms. The van der Waals surface area contributed by atoms with Crippen molar-refractivity contribution in [1.29, 1.82) is 0 Å². The highest BCUT2D eigenvalue weighted by Gasteiger charge is 2.20. The summed E-state index contributed by atoms with van der Waals surface area (Å²) in [5, 5.41) is 6.61. The lowest BCUT2D eigenvalue weighted by Crippen LogP contribution is -2.46. The van der Waals surface area contributed by atoms with E-state index in [-0.39, 0.29) is 12.2 Å². The average Bonchev–Trinajstić information content (AvgIpc) is 2.72. The number of carbonyl (C=O) groups excluding carboxylic acids is 1. The van der Waals surface area contributed by atoms with Crippen LogP contribution in [0.4, 0.5) is 4.39 Å². The first-order chi connectivity index (χ1) is 14.8. The van der Waals surface area contributed by atoms with E-state index in [1.54, 1.807) is 12.1 Å². The third-order valence-corrected chi connectivity index (χ3v) is 4.63. The van der Waals surface area contributed by atoms with Crippen LogP contribution in [0.2, 0.25) is 0 Å². The minimum absolute atomic E-state index is 0.0479. The predicted octanol–water partition coefficient (Wildman–Crippen LogP) is 1.18. The van der Waals surface area contributed by atoms with Crippen LogP contribution in [0.1, 0.15) is 21.6 Å². The molecule has 0 spiro atoms. The quantitative estimate of drug-likeness (QED) is 0.614. The highest BCUT2D eigenvalue weighted by atomic mass is 19.1. The number of halogens is 1. The van der Waals surface area contributed by atoms with Crippen molar-refractivity contribution in [1.82, 2.24) is 24.6 Å². The molecule has 0 radical (unpaired) electrons. The van der Waals surface area contributed by atoms with Gasteiger partial charge in [0, 0.05) is 13.1 Å². The van der Waals surface area contributed by atoms with E-state index in [1.165, 1.54) is 18.2 Å². The smallest absolute Gasteiger partial charge is 0.349 e. The van der Waals surface area contributed by atoms with E-state index in [0.717, 1.165) is 20.9 Å². The number of amides is 1. The van der Waals surface area contributed by atoms with Gasteiger partial charge >= 0.3 is 5.69 Å². The number of hydrogen-bond acceptors (Lipinski definition) is 5. The fourth-order valence-corrected chi connectivity index (χ4v) is 2.93. The zero-order chi connectivity index (χ0) is 22.5. The van der Waals surface area contributed by atoms with E-state index in [9.17, 15) is 18.8 Å². The maximum atomic E-state index is 13.8. The topological polar surface area (TPSA) is 89.2 Å². The summed E-state index contributed by atoms with van der Waals surface area (Å²) < 4.78 is 15.6. The van der Waals surface area contributed by atoms with E-state index in [4.69, 9.17) is 0 Å². The summed E-state index contributed by atoms with van der Waals surface area (Å²) in [5.74, 6) is -1.27. The molecule has 1 aromatic heterocycles. The predicted molar refractivity (Wildman–Crippen MR) is 115 cm³/mol. The van der Waals surface area contributed by atoms with Crippen molar-refractivity contribution in [2.75, 3.05) is 27.2 Å². The van der Waals surface area contributed by atoms with Gasteiger partial charge in [0.1, 0.15) is 5.82 Å². The summed E-state index contributed by atoms with van der Waals surface area (Å²) in [4.78, 5) is 40.6. The summed E-state index contributed by atoms with van der Waals surface area (Å²) in [6.45, 7) is 2.74. The Bertz CT molecular complexity index is 1200. The molecule has 3 aromatic rings. The molecule has 0 aliphatic heterocycles. The molecule has 0 saturated carbocycles. The van der Waals surface area contributed by atoms with Gasteiger partial charge in [0.15, 0.2) is 0 Å². The molecule has 0 saturated heterocycles. The Morgan fingerprint density at radius 2 is 1.84 bits per heavy atom. The van der Waals surface area contributed by atoms with Crippen LogP contribution in [-0.4, -0.2) is 52.3 Å². The molecule has 0 atom stereocenters.